The standard InChI is InChI=1S/C16H23NO3/c1-3-4-14-5-6-15(18-2)16(13-14)20-12-9-17-7-10-19-11-8-17/h3-6,13H,7-12H2,1-2H3. The fourth-order valence-corrected chi connectivity index (χ4v) is 2.21. The molecule has 1 saturated heterocycles. The fourth-order valence-electron chi connectivity index (χ4n) is 2.21. The van der Waals surface area contributed by atoms with Crippen LogP contribution in [0.15, 0.2) is 24.3 Å². The minimum Gasteiger partial charge on any atom is -0.493 e. The summed E-state index contributed by atoms with van der Waals surface area (Å²) in [7, 11) is 1.67. The van der Waals surface area contributed by atoms with Crippen LogP contribution in [0.2, 0.25) is 0 Å². The van der Waals surface area contributed by atoms with Gasteiger partial charge in [-0.15, -0.1) is 0 Å². The van der Waals surface area contributed by atoms with E-state index in [0.717, 1.165) is 49.9 Å². The monoisotopic (exact) mass is 277 g/mol. The topological polar surface area (TPSA) is 30.9 Å². The number of allylic oxidation sites excluding steroid dienone is 1. The van der Waals surface area contributed by atoms with Gasteiger partial charge in [0.05, 0.1) is 20.3 Å². The van der Waals surface area contributed by atoms with Crippen LogP contribution >= 0.6 is 0 Å². The Labute approximate surface area is 120 Å². The molecule has 0 saturated carbocycles. The average molecular weight is 277 g/mol. The van der Waals surface area contributed by atoms with Crippen LogP contribution in [0, 0.1) is 0 Å². The molecular formula is C16H23NO3. The minimum atomic E-state index is 0.662. The summed E-state index contributed by atoms with van der Waals surface area (Å²) in [6, 6.07) is 5.98. The van der Waals surface area contributed by atoms with Crippen molar-refractivity contribution in [2.24, 2.45) is 0 Å². The predicted octanol–water partition coefficient (Wildman–Crippen LogP) is 2.44. The summed E-state index contributed by atoms with van der Waals surface area (Å²) < 4.78 is 16.5. The number of rotatable bonds is 6. The van der Waals surface area contributed by atoms with Gasteiger partial charge in [-0.05, 0) is 24.6 Å². The Morgan fingerprint density at radius 3 is 2.75 bits per heavy atom. The van der Waals surface area contributed by atoms with Crippen LogP contribution in [-0.4, -0.2) is 51.5 Å². The molecule has 1 aromatic carbocycles. The first kappa shape index (κ1) is 14.9. The molecule has 0 atom stereocenters. The van der Waals surface area contributed by atoms with Crippen molar-refractivity contribution in [3.05, 3.63) is 29.8 Å². The van der Waals surface area contributed by atoms with Gasteiger partial charge in [-0.1, -0.05) is 18.2 Å². The van der Waals surface area contributed by atoms with Crippen LogP contribution in [0.5, 0.6) is 11.5 Å². The second-order valence-corrected chi connectivity index (χ2v) is 4.71. The Hall–Kier alpha value is -1.52. The summed E-state index contributed by atoms with van der Waals surface area (Å²) in [6.07, 6.45) is 4.06. The van der Waals surface area contributed by atoms with Gasteiger partial charge in [0.2, 0.25) is 0 Å². The number of ether oxygens (including phenoxy) is 3. The maximum atomic E-state index is 5.88. The van der Waals surface area contributed by atoms with Gasteiger partial charge in [0, 0.05) is 19.6 Å². The molecule has 20 heavy (non-hydrogen) atoms. The number of benzene rings is 1. The zero-order chi connectivity index (χ0) is 14.2. The highest BCUT2D eigenvalue weighted by Gasteiger charge is 2.11. The zero-order valence-electron chi connectivity index (χ0n) is 12.3. The van der Waals surface area contributed by atoms with E-state index in [1.807, 2.05) is 37.3 Å². The molecule has 1 aliphatic rings. The first-order valence-electron chi connectivity index (χ1n) is 7.07. The number of hydrogen-bond donors (Lipinski definition) is 0. The van der Waals surface area contributed by atoms with E-state index in [2.05, 4.69) is 4.90 Å². The van der Waals surface area contributed by atoms with Gasteiger partial charge < -0.3 is 14.2 Å². The van der Waals surface area contributed by atoms with Gasteiger partial charge in [0.25, 0.3) is 0 Å². The molecule has 0 aliphatic carbocycles. The lowest BCUT2D eigenvalue weighted by molar-refractivity contribution is 0.0321. The molecule has 0 radical (unpaired) electrons. The smallest absolute Gasteiger partial charge is 0.161 e. The average Bonchev–Trinajstić information content (AvgIpc) is 2.49. The molecular weight excluding hydrogens is 254 g/mol. The molecule has 0 bridgehead atoms. The lowest BCUT2D eigenvalue weighted by atomic mass is 10.2. The van der Waals surface area contributed by atoms with Gasteiger partial charge in [-0.3, -0.25) is 4.90 Å². The molecule has 0 aromatic heterocycles. The second-order valence-electron chi connectivity index (χ2n) is 4.71. The lowest BCUT2D eigenvalue weighted by Crippen LogP contribution is -2.38. The van der Waals surface area contributed by atoms with E-state index in [0.29, 0.717) is 6.61 Å². The Morgan fingerprint density at radius 1 is 1.25 bits per heavy atom. The van der Waals surface area contributed by atoms with E-state index in [1.165, 1.54) is 0 Å². The minimum absolute atomic E-state index is 0.662. The van der Waals surface area contributed by atoms with Gasteiger partial charge >= 0.3 is 0 Å². The van der Waals surface area contributed by atoms with E-state index in [4.69, 9.17) is 14.2 Å². The lowest BCUT2D eigenvalue weighted by Gasteiger charge is -2.26. The van der Waals surface area contributed by atoms with Crippen molar-refractivity contribution in [1.82, 2.24) is 4.90 Å². The zero-order valence-corrected chi connectivity index (χ0v) is 12.3. The van der Waals surface area contributed by atoms with E-state index >= 15 is 0 Å². The molecule has 110 valence electrons. The van der Waals surface area contributed by atoms with E-state index < -0.39 is 0 Å². The molecule has 4 nitrogen and oxygen atoms in total. The van der Waals surface area contributed by atoms with Crippen molar-refractivity contribution in [1.29, 1.82) is 0 Å². The van der Waals surface area contributed by atoms with Crippen LogP contribution in [0.25, 0.3) is 6.08 Å². The summed E-state index contributed by atoms with van der Waals surface area (Å²) in [6.45, 7) is 7.19. The van der Waals surface area contributed by atoms with Gasteiger partial charge in [-0.25, -0.2) is 0 Å². The quantitative estimate of drug-likeness (QED) is 0.799. The normalized spacial score (nSPS) is 16.5. The molecule has 1 aromatic rings. The van der Waals surface area contributed by atoms with Crippen LogP contribution in [0.1, 0.15) is 12.5 Å². The predicted molar refractivity (Wildman–Crippen MR) is 80.5 cm³/mol. The Morgan fingerprint density at radius 2 is 2.05 bits per heavy atom. The summed E-state index contributed by atoms with van der Waals surface area (Å²) in [5.74, 6) is 1.58. The van der Waals surface area contributed by atoms with Crippen LogP contribution in [0.3, 0.4) is 0 Å². The first-order chi connectivity index (χ1) is 9.83. The van der Waals surface area contributed by atoms with Crippen LogP contribution in [0.4, 0.5) is 0 Å². The van der Waals surface area contributed by atoms with E-state index in [9.17, 15) is 0 Å². The molecule has 0 amide bonds. The van der Waals surface area contributed by atoms with Crippen molar-refractivity contribution in [2.75, 3.05) is 46.6 Å². The van der Waals surface area contributed by atoms with Crippen molar-refractivity contribution < 1.29 is 14.2 Å². The Bertz CT molecular complexity index is 439. The highest BCUT2D eigenvalue weighted by Crippen LogP contribution is 2.28. The van der Waals surface area contributed by atoms with Crippen molar-refractivity contribution in [2.45, 2.75) is 6.92 Å². The molecule has 4 heteroatoms. The molecule has 2 rings (SSSR count). The maximum Gasteiger partial charge on any atom is 0.161 e. The number of methoxy groups -OCH3 is 1. The number of nitrogens with zero attached hydrogens (tertiary/aromatic N) is 1. The fraction of sp³-hybridized carbons (Fsp3) is 0.500. The second kappa shape index (κ2) is 7.92. The maximum absolute atomic E-state index is 5.88. The van der Waals surface area contributed by atoms with E-state index in [1.54, 1.807) is 7.11 Å². The van der Waals surface area contributed by atoms with Crippen molar-refractivity contribution in [3.8, 4) is 11.5 Å². The summed E-state index contributed by atoms with van der Waals surface area (Å²) in [5, 5.41) is 0. The highest BCUT2D eigenvalue weighted by atomic mass is 16.5. The summed E-state index contributed by atoms with van der Waals surface area (Å²) in [5.41, 5.74) is 1.12. The largest absolute Gasteiger partial charge is 0.493 e. The molecule has 1 heterocycles. The van der Waals surface area contributed by atoms with Crippen molar-refractivity contribution in [3.63, 3.8) is 0 Å². The Balaban J connectivity index is 1.91. The number of hydrogen-bond acceptors (Lipinski definition) is 4. The number of morpholine rings is 1. The van der Waals surface area contributed by atoms with Gasteiger partial charge in [0.1, 0.15) is 6.61 Å². The van der Waals surface area contributed by atoms with Crippen molar-refractivity contribution >= 4 is 6.08 Å². The molecule has 1 aliphatic heterocycles. The molecule has 1 fully saturated rings. The molecule has 0 N–H and O–H groups in total. The van der Waals surface area contributed by atoms with Crippen LogP contribution < -0.4 is 9.47 Å². The Kier molecular flexibility index (Phi) is 5.89. The summed E-state index contributed by atoms with van der Waals surface area (Å²) in [4.78, 5) is 2.35. The third kappa shape index (κ3) is 4.25. The SMILES string of the molecule is CC=Cc1ccc(OC)c(OCCN2CCOCC2)c1. The molecule has 0 unspecified atom stereocenters. The van der Waals surface area contributed by atoms with Gasteiger partial charge in [-0.2, -0.15) is 0 Å². The third-order valence-electron chi connectivity index (χ3n) is 3.32. The molecule has 0 spiro atoms. The summed E-state index contributed by atoms with van der Waals surface area (Å²) >= 11 is 0. The van der Waals surface area contributed by atoms with Gasteiger partial charge in [0.15, 0.2) is 11.5 Å². The third-order valence-corrected chi connectivity index (χ3v) is 3.32. The highest BCUT2D eigenvalue weighted by molar-refractivity contribution is 5.55. The van der Waals surface area contributed by atoms with Crippen LogP contribution in [-0.2, 0) is 4.74 Å². The first-order valence-corrected chi connectivity index (χ1v) is 7.07. The van der Waals surface area contributed by atoms with E-state index in [-0.39, 0.29) is 0 Å².